The molecule has 27 heavy (non-hydrogen) atoms. The Morgan fingerprint density at radius 2 is 1.89 bits per heavy atom. The first-order chi connectivity index (χ1) is 13.3. The molecule has 0 spiro atoms. The standard InChI is InChI=1S/C21H25N5O/c1-2-11-25-13-10-22-21(25)20-19(17-7-4-3-5-8-17)23-16-26(20)15-14-24-12-6-9-18(24)27/h3-5,7-8,10,13,16H,2,6,9,11-12,14-15H2,1H3. The Hall–Kier alpha value is -2.89. The van der Waals surface area contributed by atoms with Gasteiger partial charge in [-0.2, -0.15) is 0 Å². The van der Waals surface area contributed by atoms with Gasteiger partial charge >= 0.3 is 0 Å². The Morgan fingerprint density at radius 1 is 1.04 bits per heavy atom. The van der Waals surface area contributed by atoms with E-state index in [9.17, 15) is 4.79 Å². The molecule has 6 nitrogen and oxygen atoms in total. The van der Waals surface area contributed by atoms with Gasteiger partial charge in [-0.3, -0.25) is 4.79 Å². The lowest BCUT2D eigenvalue weighted by atomic mass is 10.1. The molecule has 0 saturated carbocycles. The van der Waals surface area contributed by atoms with Crippen LogP contribution in [0.5, 0.6) is 0 Å². The summed E-state index contributed by atoms with van der Waals surface area (Å²) in [4.78, 5) is 23.3. The molecule has 0 unspecified atom stereocenters. The number of hydrogen-bond acceptors (Lipinski definition) is 3. The molecule has 0 radical (unpaired) electrons. The summed E-state index contributed by atoms with van der Waals surface area (Å²) in [5.41, 5.74) is 3.03. The lowest BCUT2D eigenvalue weighted by molar-refractivity contribution is -0.127. The van der Waals surface area contributed by atoms with Gasteiger partial charge < -0.3 is 14.0 Å². The van der Waals surface area contributed by atoms with Gasteiger partial charge in [-0.05, 0) is 12.8 Å². The van der Waals surface area contributed by atoms with Gasteiger partial charge in [-0.1, -0.05) is 37.3 Å². The summed E-state index contributed by atoms with van der Waals surface area (Å²) in [6, 6.07) is 10.2. The Kier molecular flexibility index (Phi) is 5.05. The van der Waals surface area contributed by atoms with Crippen molar-refractivity contribution in [3.8, 4) is 22.8 Å². The number of aryl methyl sites for hydroxylation is 1. The van der Waals surface area contributed by atoms with Gasteiger partial charge in [-0.15, -0.1) is 0 Å². The minimum Gasteiger partial charge on any atom is -0.341 e. The molecule has 1 amide bonds. The third-order valence-electron chi connectivity index (χ3n) is 5.06. The van der Waals surface area contributed by atoms with Crippen molar-refractivity contribution in [3.63, 3.8) is 0 Å². The Labute approximate surface area is 159 Å². The maximum absolute atomic E-state index is 12.0. The smallest absolute Gasteiger partial charge is 0.222 e. The van der Waals surface area contributed by atoms with Crippen molar-refractivity contribution >= 4 is 5.91 Å². The average molecular weight is 363 g/mol. The second kappa shape index (κ2) is 7.78. The summed E-state index contributed by atoms with van der Waals surface area (Å²) < 4.78 is 4.32. The van der Waals surface area contributed by atoms with E-state index in [0.717, 1.165) is 55.3 Å². The van der Waals surface area contributed by atoms with E-state index >= 15 is 0 Å². The molecule has 6 heteroatoms. The third-order valence-corrected chi connectivity index (χ3v) is 5.06. The molecule has 2 aromatic heterocycles. The number of benzene rings is 1. The van der Waals surface area contributed by atoms with Crippen molar-refractivity contribution in [1.82, 2.24) is 24.0 Å². The number of carbonyl (C=O) groups is 1. The zero-order valence-corrected chi connectivity index (χ0v) is 15.7. The number of nitrogens with zero attached hydrogens (tertiary/aromatic N) is 5. The highest BCUT2D eigenvalue weighted by molar-refractivity contribution is 5.78. The Balaban J connectivity index is 1.71. The van der Waals surface area contributed by atoms with Gasteiger partial charge in [0.05, 0.1) is 12.0 Å². The molecular weight excluding hydrogens is 338 g/mol. The van der Waals surface area contributed by atoms with E-state index in [2.05, 4.69) is 33.2 Å². The number of aromatic nitrogens is 4. The van der Waals surface area contributed by atoms with Crippen LogP contribution in [0.4, 0.5) is 0 Å². The third kappa shape index (κ3) is 3.52. The van der Waals surface area contributed by atoms with Crippen molar-refractivity contribution in [1.29, 1.82) is 0 Å². The predicted molar refractivity (Wildman–Crippen MR) is 105 cm³/mol. The van der Waals surface area contributed by atoms with Gasteiger partial charge in [0.25, 0.3) is 0 Å². The second-order valence-corrected chi connectivity index (χ2v) is 6.93. The zero-order chi connectivity index (χ0) is 18.6. The number of carbonyl (C=O) groups excluding carboxylic acids is 1. The van der Waals surface area contributed by atoms with Crippen LogP contribution in [-0.4, -0.2) is 43.0 Å². The second-order valence-electron chi connectivity index (χ2n) is 6.93. The molecule has 1 fully saturated rings. The maximum Gasteiger partial charge on any atom is 0.222 e. The van der Waals surface area contributed by atoms with E-state index < -0.39 is 0 Å². The van der Waals surface area contributed by atoms with Crippen LogP contribution in [0.2, 0.25) is 0 Å². The quantitative estimate of drug-likeness (QED) is 0.646. The van der Waals surface area contributed by atoms with Gasteiger partial charge in [0.1, 0.15) is 5.69 Å². The van der Waals surface area contributed by atoms with Crippen LogP contribution in [0.25, 0.3) is 22.8 Å². The normalized spacial score (nSPS) is 14.3. The molecule has 140 valence electrons. The summed E-state index contributed by atoms with van der Waals surface area (Å²) in [7, 11) is 0. The maximum atomic E-state index is 12.0. The molecule has 0 atom stereocenters. The van der Waals surface area contributed by atoms with Crippen LogP contribution in [0.1, 0.15) is 26.2 Å². The summed E-state index contributed by atoms with van der Waals surface area (Å²) in [6.45, 7) is 5.38. The highest BCUT2D eigenvalue weighted by atomic mass is 16.2. The molecular formula is C21H25N5O. The highest BCUT2D eigenvalue weighted by Gasteiger charge is 2.22. The van der Waals surface area contributed by atoms with E-state index in [1.165, 1.54) is 0 Å². The first-order valence-electron chi connectivity index (χ1n) is 9.67. The molecule has 0 aliphatic carbocycles. The SMILES string of the molecule is CCCn1ccnc1-c1c(-c2ccccc2)ncn1CCN1CCCC1=O. The van der Waals surface area contributed by atoms with Crippen LogP contribution in [0.3, 0.4) is 0 Å². The van der Waals surface area contributed by atoms with Crippen LogP contribution in [0.15, 0.2) is 49.1 Å². The molecule has 0 N–H and O–H groups in total. The van der Waals surface area contributed by atoms with Crippen molar-refractivity contribution in [2.75, 3.05) is 13.1 Å². The van der Waals surface area contributed by atoms with Crippen molar-refractivity contribution in [3.05, 3.63) is 49.1 Å². The Bertz CT molecular complexity index is 912. The number of amides is 1. The van der Waals surface area contributed by atoms with Gasteiger partial charge in [-0.25, -0.2) is 9.97 Å². The fourth-order valence-electron chi connectivity index (χ4n) is 3.71. The van der Waals surface area contributed by atoms with Crippen LogP contribution in [-0.2, 0) is 17.9 Å². The molecule has 3 heterocycles. The minimum atomic E-state index is 0.257. The largest absolute Gasteiger partial charge is 0.341 e. The number of imidazole rings is 2. The summed E-state index contributed by atoms with van der Waals surface area (Å²) in [6.07, 6.45) is 8.43. The predicted octanol–water partition coefficient (Wildman–Crippen LogP) is 3.45. The fourth-order valence-corrected chi connectivity index (χ4v) is 3.71. The van der Waals surface area contributed by atoms with Gasteiger partial charge in [0, 0.05) is 50.6 Å². The van der Waals surface area contributed by atoms with Crippen LogP contribution >= 0.6 is 0 Å². The number of likely N-dealkylation sites (tertiary alicyclic amines) is 1. The topological polar surface area (TPSA) is 56.0 Å². The van der Waals surface area contributed by atoms with E-state index in [0.29, 0.717) is 13.0 Å². The molecule has 0 bridgehead atoms. The molecule has 1 aromatic carbocycles. The number of rotatable bonds is 7. The first-order valence-corrected chi connectivity index (χ1v) is 9.67. The van der Waals surface area contributed by atoms with E-state index in [-0.39, 0.29) is 5.91 Å². The van der Waals surface area contributed by atoms with Crippen molar-refractivity contribution in [2.24, 2.45) is 0 Å². The first kappa shape index (κ1) is 17.5. The molecule has 1 saturated heterocycles. The summed E-state index contributed by atoms with van der Waals surface area (Å²) >= 11 is 0. The molecule has 4 rings (SSSR count). The zero-order valence-electron chi connectivity index (χ0n) is 15.7. The van der Waals surface area contributed by atoms with E-state index in [1.54, 1.807) is 0 Å². The van der Waals surface area contributed by atoms with Crippen molar-refractivity contribution < 1.29 is 4.79 Å². The minimum absolute atomic E-state index is 0.257. The van der Waals surface area contributed by atoms with Crippen molar-refractivity contribution in [2.45, 2.75) is 39.3 Å². The fraction of sp³-hybridized carbons (Fsp3) is 0.381. The molecule has 1 aliphatic rings. The lowest BCUT2D eigenvalue weighted by Crippen LogP contribution is -2.28. The average Bonchev–Trinajstić information content (AvgIpc) is 3.40. The van der Waals surface area contributed by atoms with E-state index in [4.69, 9.17) is 4.98 Å². The summed E-state index contributed by atoms with van der Waals surface area (Å²) in [5.74, 6) is 1.19. The molecule has 1 aliphatic heterocycles. The molecule has 3 aromatic rings. The Morgan fingerprint density at radius 3 is 2.63 bits per heavy atom. The monoisotopic (exact) mass is 363 g/mol. The number of hydrogen-bond donors (Lipinski definition) is 0. The lowest BCUT2D eigenvalue weighted by Gasteiger charge is -2.17. The van der Waals surface area contributed by atoms with Crippen LogP contribution in [0, 0.1) is 0 Å². The highest BCUT2D eigenvalue weighted by Crippen LogP contribution is 2.30. The van der Waals surface area contributed by atoms with Gasteiger partial charge in [0.15, 0.2) is 5.82 Å². The van der Waals surface area contributed by atoms with Gasteiger partial charge in [0.2, 0.25) is 5.91 Å². The summed E-state index contributed by atoms with van der Waals surface area (Å²) in [5, 5.41) is 0. The van der Waals surface area contributed by atoms with E-state index in [1.807, 2.05) is 41.8 Å². The van der Waals surface area contributed by atoms with Crippen LogP contribution < -0.4 is 0 Å².